The van der Waals surface area contributed by atoms with Crippen molar-refractivity contribution in [1.82, 2.24) is 14.9 Å². The van der Waals surface area contributed by atoms with E-state index in [0.717, 1.165) is 38.2 Å². The fourth-order valence-corrected chi connectivity index (χ4v) is 3.24. The lowest BCUT2D eigenvalue weighted by Crippen LogP contribution is -2.33. The number of nitrogens with one attached hydrogen (secondary N) is 1. The maximum atomic E-state index is 4.98. The SMILES string of the molecule is CCC(C)(CC)n1c(-c2ccccc2)nc2c1CCNC2. The van der Waals surface area contributed by atoms with E-state index in [1.165, 1.54) is 17.0 Å². The Morgan fingerprint density at radius 3 is 2.57 bits per heavy atom. The topological polar surface area (TPSA) is 29.9 Å². The molecule has 112 valence electrons. The van der Waals surface area contributed by atoms with Gasteiger partial charge in [0.05, 0.1) is 5.69 Å². The molecule has 0 spiro atoms. The van der Waals surface area contributed by atoms with E-state index in [9.17, 15) is 0 Å². The minimum Gasteiger partial charge on any atom is -0.322 e. The van der Waals surface area contributed by atoms with Crippen LogP contribution in [0.4, 0.5) is 0 Å². The summed E-state index contributed by atoms with van der Waals surface area (Å²) in [6, 6.07) is 10.6. The van der Waals surface area contributed by atoms with Crippen molar-refractivity contribution in [2.24, 2.45) is 0 Å². The van der Waals surface area contributed by atoms with Gasteiger partial charge in [-0.1, -0.05) is 44.2 Å². The van der Waals surface area contributed by atoms with Crippen molar-refractivity contribution in [1.29, 1.82) is 0 Å². The van der Waals surface area contributed by atoms with Gasteiger partial charge in [0.2, 0.25) is 0 Å². The van der Waals surface area contributed by atoms with E-state index >= 15 is 0 Å². The van der Waals surface area contributed by atoms with Crippen LogP contribution in [0.15, 0.2) is 30.3 Å². The normalized spacial score (nSPS) is 15.0. The quantitative estimate of drug-likeness (QED) is 0.926. The third kappa shape index (κ3) is 2.40. The molecular weight excluding hydrogens is 258 g/mol. The lowest BCUT2D eigenvalue weighted by molar-refractivity contribution is 0.287. The van der Waals surface area contributed by atoms with Crippen molar-refractivity contribution in [3.8, 4) is 11.4 Å². The fourth-order valence-electron chi connectivity index (χ4n) is 3.24. The number of nitrogens with zero attached hydrogens (tertiary/aromatic N) is 2. The number of hydrogen-bond donors (Lipinski definition) is 1. The monoisotopic (exact) mass is 283 g/mol. The first kappa shape index (κ1) is 14.3. The lowest BCUT2D eigenvalue weighted by atomic mass is 9.93. The molecule has 21 heavy (non-hydrogen) atoms. The molecular formula is C18H25N3. The molecule has 2 aromatic rings. The van der Waals surface area contributed by atoms with Gasteiger partial charge in [0.15, 0.2) is 0 Å². The second-order valence-electron chi connectivity index (χ2n) is 6.16. The van der Waals surface area contributed by atoms with Crippen LogP contribution in [-0.4, -0.2) is 16.1 Å². The standard InChI is InChI=1S/C18H25N3/c1-4-18(3,5-2)21-16-11-12-19-13-15(16)20-17(21)14-9-7-6-8-10-14/h6-10,19H,4-5,11-13H2,1-3H3. The number of aromatic nitrogens is 2. The highest BCUT2D eigenvalue weighted by molar-refractivity contribution is 5.57. The molecule has 0 saturated heterocycles. The van der Waals surface area contributed by atoms with Crippen LogP contribution < -0.4 is 5.32 Å². The van der Waals surface area contributed by atoms with Crippen LogP contribution in [0.1, 0.15) is 45.0 Å². The third-order valence-electron chi connectivity index (χ3n) is 4.98. The summed E-state index contributed by atoms with van der Waals surface area (Å²) in [7, 11) is 0. The van der Waals surface area contributed by atoms with E-state index in [2.05, 4.69) is 61.0 Å². The van der Waals surface area contributed by atoms with E-state index in [0.29, 0.717) is 0 Å². The Hall–Kier alpha value is -1.61. The highest BCUT2D eigenvalue weighted by Gasteiger charge is 2.31. The number of rotatable bonds is 4. The summed E-state index contributed by atoms with van der Waals surface area (Å²) in [5.41, 5.74) is 4.02. The molecule has 0 atom stereocenters. The molecule has 0 fully saturated rings. The van der Waals surface area contributed by atoms with Crippen LogP contribution in [0.3, 0.4) is 0 Å². The second-order valence-corrected chi connectivity index (χ2v) is 6.16. The minimum absolute atomic E-state index is 0.142. The molecule has 3 rings (SSSR count). The Morgan fingerprint density at radius 2 is 1.90 bits per heavy atom. The smallest absolute Gasteiger partial charge is 0.141 e. The van der Waals surface area contributed by atoms with Crippen molar-refractivity contribution >= 4 is 0 Å². The summed E-state index contributed by atoms with van der Waals surface area (Å²) in [4.78, 5) is 4.98. The van der Waals surface area contributed by atoms with E-state index in [1.807, 2.05) is 0 Å². The highest BCUT2D eigenvalue weighted by Crippen LogP contribution is 2.35. The van der Waals surface area contributed by atoms with Gasteiger partial charge in [-0.15, -0.1) is 0 Å². The van der Waals surface area contributed by atoms with Crippen LogP contribution in [0.2, 0.25) is 0 Å². The average molecular weight is 283 g/mol. The molecule has 0 saturated carbocycles. The summed E-state index contributed by atoms with van der Waals surface area (Å²) in [6.07, 6.45) is 3.32. The average Bonchev–Trinajstić information content (AvgIpc) is 2.95. The minimum atomic E-state index is 0.142. The van der Waals surface area contributed by atoms with Gasteiger partial charge < -0.3 is 9.88 Å². The van der Waals surface area contributed by atoms with Crippen molar-refractivity contribution in [3.05, 3.63) is 41.7 Å². The molecule has 0 radical (unpaired) electrons. The van der Waals surface area contributed by atoms with Crippen molar-refractivity contribution in [2.45, 2.75) is 52.1 Å². The van der Waals surface area contributed by atoms with E-state index in [4.69, 9.17) is 4.98 Å². The Balaban J connectivity index is 2.22. The Morgan fingerprint density at radius 1 is 1.19 bits per heavy atom. The van der Waals surface area contributed by atoms with Crippen LogP contribution >= 0.6 is 0 Å². The van der Waals surface area contributed by atoms with Gasteiger partial charge in [-0.2, -0.15) is 0 Å². The number of hydrogen-bond acceptors (Lipinski definition) is 2. The van der Waals surface area contributed by atoms with Crippen LogP contribution in [0.25, 0.3) is 11.4 Å². The zero-order valence-corrected chi connectivity index (χ0v) is 13.3. The Kier molecular flexibility index (Phi) is 3.85. The number of benzene rings is 1. The molecule has 2 heterocycles. The van der Waals surface area contributed by atoms with Gasteiger partial charge in [0.1, 0.15) is 5.82 Å². The summed E-state index contributed by atoms with van der Waals surface area (Å²) < 4.78 is 2.53. The number of imidazole rings is 1. The fraction of sp³-hybridized carbons (Fsp3) is 0.500. The van der Waals surface area contributed by atoms with Crippen molar-refractivity contribution in [3.63, 3.8) is 0 Å². The predicted octanol–water partition coefficient (Wildman–Crippen LogP) is 3.73. The largest absolute Gasteiger partial charge is 0.322 e. The molecule has 1 aliphatic heterocycles. The predicted molar refractivity (Wildman–Crippen MR) is 87.3 cm³/mol. The summed E-state index contributed by atoms with van der Waals surface area (Å²) in [5, 5.41) is 3.44. The molecule has 1 N–H and O–H groups in total. The molecule has 1 aliphatic rings. The van der Waals surface area contributed by atoms with Crippen LogP contribution in [0.5, 0.6) is 0 Å². The zero-order chi connectivity index (χ0) is 14.9. The molecule has 0 bridgehead atoms. The van der Waals surface area contributed by atoms with Gasteiger partial charge in [0.25, 0.3) is 0 Å². The molecule has 0 unspecified atom stereocenters. The van der Waals surface area contributed by atoms with Gasteiger partial charge in [-0.3, -0.25) is 0 Å². The molecule has 1 aromatic carbocycles. The zero-order valence-electron chi connectivity index (χ0n) is 13.3. The van der Waals surface area contributed by atoms with Crippen molar-refractivity contribution < 1.29 is 0 Å². The van der Waals surface area contributed by atoms with Gasteiger partial charge in [-0.25, -0.2) is 4.98 Å². The first-order chi connectivity index (χ1) is 10.2. The van der Waals surface area contributed by atoms with Crippen molar-refractivity contribution in [2.75, 3.05) is 6.54 Å². The molecule has 3 nitrogen and oxygen atoms in total. The molecule has 1 aromatic heterocycles. The van der Waals surface area contributed by atoms with Gasteiger partial charge in [-0.05, 0) is 19.8 Å². The molecule has 0 aliphatic carbocycles. The van der Waals surface area contributed by atoms with E-state index in [1.54, 1.807) is 0 Å². The van der Waals surface area contributed by atoms with Crippen LogP contribution in [0, 0.1) is 0 Å². The first-order valence-corrected chi connectivity index (χ1v) is 8.06. The Labute approximate surface area is 127 Å². The maximum Gasteiger partial charge on any atom is 0.141 e. The number of fused-ring (bicyclic) bond motifs is 1. The maximum absolute atomic E-state index is 4.98. The van der Waals surface area contributed by atoms with Crippen LogP contribution in [-0.2, 0) is 18.5 Å². The van der Waals surface area contributed by atoms with E-state index in [-0.39, 0.29) is 5.54 Å². The lowest BCUT2D eigenvalue weighted by Gasteiger charge is -2.33. The summed E-state index contributed by atoms with van der Waals surface area (Å²) in [6.45, 7) is 8.88. The van der Waals surface area contributed by atoms with Gasteiger partial charge in [0, 0.05) is 36.3 Å². The highest BCUT2D eigenvalue weighted by atomic mass is 15.2. The molecule has 0 amide bonds. The third-order valence-corrected chi connectivity index (χ3v) is 4.98. The van der Waals surface area contributed by atoms with E-state index < -0.39 is 0 Å². The first-order valence-electron chi connectivity index (χ1n) is 8.06. The Bertz CT molecular complexity index is 609. The molecule has 3 heteroatoms. The van der Waals surface area contributed by atoms with Gasteiger partial charge >= 0.3 is 0 Å². The summed E-state index contributed by atoms with van der Waals surface area (Å²) >= 11 is 0. The second kappa shape index (κ2) is 5.64. The summed E-state index contributed by atoms with van der Waals surface area (Å²) in [5.74, 6) is 1.13.